The Labute approximate surface area is 677 Å². The predicted octanol–water partition coefficient (Wildman–Crippen LogP) is 27.0. The lowest BCUT2D eigenvalue weighted by Gasteiger charge is -2.21. The van der Waals surface area contributed by atoms with Gasteiger partial charge in [0.05, 0.1) is 26.4 Å². The van der Waals surface area contributed by atoms with Gasteiger partial charge < -0.3 is 34.2 Å². The molecule has 0 heterocycles. The van der Waals surface area contributed by atoms with Crippen molar-refractivity contribution in [2.24, 2.45) is 0 Å². The van der Waals surface area contributed by atoms with Crippen molar-refractivity contribution in [3.05, 3.63) is 134 Å². The molecule has 0 spiro atoms. The van der Waals surface area contributed by atoms with Crippen LogP contribution in [0, 0.1) is 0 Å². The summed E-state index contributed by atoms with van der Waals surface area (Å²) in [4.78, 5) is 58.8. The van der Waals surface area contributed by atoms with Gasteiger partial charge in [0, 0.05) is 19.3 Å². The van der Waals surface area contributed by atoms with Gasteiger partial charge in [0.1, 0.15) is 25.4 Å². The SMILES string of the molecule is CC/C=C\C/C=C\C/C=C\C/C=C\C/C=C\C/C=C\CCCCCCCCCCCCCCCCCCC(=O)OCC(O)COP(=O)(O)OCC(O)COP(=O)(O)OCC(COC(=O)CCCCCCCCCCC/C=C\C/C=C\C/C=C\C/C=C\C/C=C\CC)OC(=O)CCCCCCCCCCCCCCCCC. The number of allylic oxidation sites excluding steroid dienone is 22. The van der Waals surface area contributed by atoms with Crippen molar-refractivity contribution >= 4 is 33.6 Å². The summed E-state index contributed by atoms with van der Waals surface area (Å²) < 4.78 is 61.4. The molecule has 0 aromatic rings. The van der Waals surface area contributed by atoms with Crippen LogP contribution in [0.5, 0.6) is 0 Å². The normalized spacial score (nSPS) is 14.5. The summed E-state index contributed by atoms with van der Waals surface area (Å²) in [6.45, 7) is 2.51. The van der Waals surface area contributed by atoms with Crippen LogP contribution in [0.15, 0.2) is 134 Å². The van der Waals surface area contributed by atoms with Crippen molar-refractivity contribution < 1.29 is 75.8 Å². The number of carbonyl (C=O) groups is 3. The molecule has 0 saturated heterocycles. The van der Waals surface area contributed by atoms with E-state index in [0.29, 0.717) is 19.3 Å². The molecule has 0 aliphatic carbocycles. The maximum Gasteiger partial charge on any atom is 0.472 e. The fraction of sp³-hybridized carbons (Fsp3) is 0.731. The summed E-state index contributed by atoms with van der Waals surface area (Å²) in [5.41, 5.74) is 0. The summed E-state index contributed by atoms with van der Waals surface area (Å²) >= 11 is 0. The molecule has 111 heavy (non-hydrogen) atoms. The van der Waals surface area contributed by atoms with Gasteiger partial charge in [0.2, 0.25) is 0 Å². The monoisotopic (exact) mass is 1600 g/mol. The van der Waals surface area contributed by atoms with Crippen LogP contribution in [-0.2, 0) is 55.8 Å². The third-order valence-corrected chi connectivity index (χ3v) is 20.8. The molecule has 640 valence electrons. The molecule has 0 aromatic carbocycles. The third kappa shape index (κ3) is 86.4. The van der Waals surface area contributed by atoms with E-state index < -0.39 is 91.5 Å². The van der Waals surface area contributed by atoms with Crippen molar-refractivity contribution in [3.63, 3.8) is 0 Å². The number of phosphoric acid groups is 2. The van der Waals surface area contributed by atoms with Gasteiger partial charge in [-0.25, -0.2) is 9.13 Å². The largest absolute Gasteiger partial charge is 0.472 e. The second-order valence-corrected chi connectivity index (χ2v) is 32.6. The van der Waals surface area contributed by atoms with Crippen molar-refractivity contribution in [2.75, 3.05) is 39.6 Å². The van der Waals surface area contributed by atoms with Gasteiger partial charge in [-0.05, 0) is 116 Å². The summed E-state index contributed by atoms with van der Waals surface area (Å²) in [7, 11) is -9.79. The maximum atomic E-state index is 13.0. The van der Waals surface area contributed by atoms with Crippen LogP contribution >= 0.6 is 15.6 Å². The lowest BCUT2D eigenvalue weighted by Crippen LogP contribution is -2.30. The van der Waals surface area contributed by atoms with Gasteiger partial charge in [-0.2, -0.15) is 0 Å². The van der Waals surface area contributed by atoms with Crippen LogP contribution in [0.4, 0.5) is 0 Å². The Kier molecular flexibility index (Phi) is 81.8. The van der Waals surface area contributed by atoms with Gasteiger partial charge in [-0.15, -0.1) is 0 Å². The summed E-state index contributed by atoms with van der Waals surface area (Å²) in [6.07, 6.45) is 105. The highest BCUT2D eigenvalue weighted by Gasteiger charge is 2.29. The quantitative estimate of drug-likeness (QED) is 0.0146. The fourth-order valence-corrected chi connectivity index (χ4v) is 13.8. The van der Waals surface area contributed by atoms with E-state index >= 15 is 0 Å². The molecule has 0 saturated carbocycles. The van der Waals surface area contributed by atoms with Crippen LogP contribution in [0.2, 0.25) is 0 Å². The molecule has 5 unspecified atom stereocenters. The second kappa shape index (κ2) is 85.1. The topological polar surface area (TPSA) is 231 Å². The summed E-state index contributed by atoms with van der Waals surface area (Å²) in [5.74, 6) is -1.56. The van der Waals surface area contributed by atoms with Crippen LogP contribution in [0.25, 0.3) is 0 Å². The number of aliphatic hydroxyl groups is 2. The van der Waals surface area contributed by atoms with Gasteiger partial charge >= 0.3 is 33.6 Å². The Morgan fingerprint density at radius 2 is 0.477 bits per heavy atom. The molecule has 0 bridgehead atoms. The number of ether oxygens (including phenoxy) is 3. The van der Waals surface area contributed by atoms with Crippen molar-refractivity contribution in [1.82, 2.24) is 0 Å². The molecule has 0 aromatic heterocycles. The van der Waals surface area contributed by atoms with Crippen LogP contribution < -0.4 is 0 Å². The van der Waals surface area contributed by atoms with E-state index in [1.165, 1.54) is 173 Å². The van der Waals surface area contributed by atoms with E-state index in [1.54, 1.807) is 0 Å². The Hall–Kier alpha value is -4.31. The summed E-state index contributed by atoms with van der Waals surface area (Å²) in [5, 5.41) is 20.7. The standard InChI is InChI=1S/C93H162O16P2/c1-4-7-10-13-16-19-22-25-28-30-32-34-36-38-39-40-41-42-43-44-45-46-47-49-51-52-54-56-59-61-64-67-70-73-76-79-91(96)103-82-88(94)83-105-110(99,100)106-84-89(95)85-107-111(101,102)108-87-90(109-93(98)81-78-75-72-69-66-63-58-27-24-21-18-15-12-9-6-3)86-104-92(97)80-77-74-71-68-65-62-60-57-55-53-50-48-37-35-33-31-29-26-23-20-17-14-11-8-5-2/h7-8,10-11,16-17,19-20,25-26,28-29,32-35,38-39,41-42,48,50,88-90,94-95H,4-6,9,12-15,18,21-24,27,30-31,36-37,40,43-47,49,51-87H2,1-3H3,(H,99,100)(H,101,102)/b10-7-,11-8-,19-16-,20-17-,28-25-,29-26-,34-32-,35-33-,39-38-,42-41-,50-48-. The van der Waals surface area contributed by atoms with E-state index in [1.807, 2.05) is 0 Å². The number of aliphatic hydroxyl groups excluding tert-OH is 2. The Morgan fingerprint density at radius 3 is 0.757 bits per heavy atom. The van der Waals surface area contributed by atoms with Gasteiger partial charge in [0.15, 0.2) is 6.10 Å². The number of rotatable bonds is 84. The molecular formula is C93H162O16P2. The molecule has 0 aliphatic rings. The molecular weight excluding hydrogens is 1430 g/mol. The number of hydrogen-bond donors (Lipinski definition) is 4. The number of esters is 3. The molecule has 0 rings (SSSR count). The molecule has 0 aliphatic heterocycles. The fourth-order valence-electron chi connectivity index (χ4n) is 12.2. The molecule has 18 heteroatoms. The van der Waals surface area contributed by atoms with E-state index in [0.717, 1.165) is 148 Å². The molecule has 4 N–H and O–H groups in total. The maximum absolute atomic E-state index is 13.0. The van der Waals surface area contributed by atoms with Crippen molar-refractivity contribution in [2.45, 2.75) is 399 Å². The number of hydrogen-bond acceptors (Lipinski definition) is 14. The van der Waals surface area contributed by atoms with E-state index in [4.69, 9.17) is 32.3 Å². The highest BCUT2D eigenvalue weighted by molar-refractivity contribution is 7.47. The van der Waals surface area contributed by atoms with Crippen molar-refractivity contribution in [3.8, 4) is 0 Å². The third-order valence-electron chi connectivity index (χ3n) is 18.9. The summed E-state index contributed by atoms with van der Waals surface area (Å²) in [6, 6.07) is 0. The van der Waals surface area contributed by atoms with Crippen molar-refractivity contribution in [1.29, 1.82) is 0 Å². The lowest BCUT2D eigenvalue weighted by atomic mass is 10.0. The predicted molar refractivity (Wildman–Crippen MR) is 463 cm³/mol. The molecule has 0 radical (unpaired) electrons. The molecule has 5 atom stereocenters. The first-order valence-corrected chi connectivity index (χ1v) is 47.5. The zero-order chi connectivity index (χ0) is 80.8. The minimum atomic E-state index is -4.93. The van der Waals surface area contributed by atoms with E-state index in [-0.39, 0.29) is 19.3 Å². The van der Waals surface area contributed by atoms with Gasteiger partial charge in [0.25, 0.3) is 0 Å². The highest BCUT2D eigenvalue weighted by Crippen LogP contribution is 2.45. The molecule has 16 nitrogen and oxygen atoms in total. The highest BCUT2D eigenvalue weighted by atomic mass is 31.2. The Bertz CT molecular complexity index is 2550. The first kappa shape index (κ1) is 107. The smallest absolute Gasteiger partial charge is 0.463 e. The van der Waals surface area contributed by atoms with Crippen LogP contribution in [0.3, 0.4) is 0 Å². The Balaban J connectivity index is 4.43. The number of carbonyl (C=O) groups excluding carboxylic acids is 3. The van der Waals surface area contributed by atoms with Gasteiger partial charge in [-0.1, -0.05) is 379 Å². The molecule has 0 amide bonds. The first-order chi connectivity index (χ1) is 54.2. The molecule has 0 fully saturated rings. The lowest BCUT2D eigenvalue weighted by molar-refractivity contribution is -0.161. The van der Waals surface area contributed by atoms with E-state index in [2.05, 4.69) is 154 Å². The average Bonchev–Trinajstić information content (AvgIpc) is 0.901. The van der Waals surface area contributed by atoms with Crippen LogP contribution in [0.1, 0.15) is 380 Å². The second-order valence-electron chi connectivity index (χ2n) is 29.6. The van der Waals surface area contributed by atoms with E-state index in [9.17, 15) is 43.5 Å². The first-order valence-electron chi connectivity index (χ1n) is 44.5. The average molecular weight is 1600 g/mol. The zero-order valence-corrected chi connectivity index (χ0v) is 72.1. The minimum Gasteiger partial charge on any atom is -0.463 e. The van der Waals surface area contributed by atoms with Crippen LogP contribution in [-0.4, -0.2) is 95.9 Å². The Morgan fingerprint density at radius 1 is 0.261 bits per heavy atom. The number of unbranched alkanes of at least 4 members (excludes halogenated alkanes) is 39. The number of phosphoric ester groups is 2. The van der Waals surface area contributed by atoms with Gasteiger partial charge in [-0.3, -0.25) is 32.5 Å². The zero-order valence-electron chi connectivity index (χ0n) is 70.4. The minimum absolute atomic E-state index is 0.106.